The molecular weight excluding hydrogens is 211 g/mol. The van der Waals surface area contributed by atoms with E-state index in [0.29, 0.717) is 5.56 Å². The van der Waals surface area contributed by atoms with Gasteiger partial charge in [0.1, 0.15) is 5.78 Å². The second-order valence-electron chi connectivity index (χ2n) is 2.82. The van der Waals surface area contributed by atoms with Crippen LogP contribution in [0.3, 0.4) is 0 Å². The van der Waals surface area contributed by atoms with Crippen molar-refractivity contribution >= 4 is 57.2 Å². The molecule has 0 saturated carbocycles. The van der Waals surface area contributed by atoms with E-state index in [2.05, 4.69) is 0 Å². The van der Waals surface area contributed by atoms with E-state index in [9.17, 15) is 9.90 Å². The molecule has 0 aliphatic carbocycles. The van der Waals surface area contributed by atoms with Gasteiger partial charge in [0, 0.05) is 12.0 Å². The Morgan fingerprint density at radius 1 is 1.21 bits per heavy atom. The number of carbonyl (C=O) groups is 1. The predicted octanol–water partition coefficient (Wildman–Crippen LogP) is 0.286. The van der Waals surface area contributed by atoms with Gasteiger partial charge in [0.25, 0.3) is 0 Å². The van der Waals surface area contributed by atoms with Gasteiger partial charge in [0.15, 0.2) is 11.5 Å². The molecule has 0 fully saturated rings. The molecule has 0 amide bonds. The standard InChI is InChI=1S/C9H10O4.K.H/c1-5(10)4-6-2-3-7(11)9(13)8(6)12;;/h2-3,11-13H,4H2,1H3;;. The Labute approximate surface area is 124 Å². The van der Waals surface area contributed by atoms with Gasteiger partial charge in [-0.25, -0.2) is 0 Å². The van der Waals surface area contributed by atoms with Gasteiger partial charge in [0.2, 0.25) is 5.75 Å². The number of benzene rings is 1. The molecular formula is C9H11KO4. The molecule has 14 heavy (non-hydrogen) atoms. The summed E-state index contributed by atoms with van der Waals surface area (Å²) in [4.78, 5) is 10.7. The third kappa shape index (κ3) is 3.25. The molecule has 1 rings (SSSR count). The number of rotatable bonds is 2. The molecule has 0 bridgehead atoms. The molecule has 0 unspecified atom stereocenters. The maximum absolute atomic E-state index is 10.7. The van der Waals surface area contributed by atoms with Crippen LogP contribution in [-0.2, 0) is 11.2 Å². The molecule has 72 valence electrons. The van der Waals surface area contributed by atoms with E-state index in [0.717, 1.165) is 0 Å². The Morgan fingerprint density at radius 2 is 1.79 bits per heavy atom. The van der Waals surface area contributed by atoms with E-state index in [1.165, 1.54) is 19.1 Å². The fourth-order valence-corrected chi connectivity index (χ4v) is 1.02. The Bertz CT molecular complexity index is 349. The zero-order valence-electron chi connectivity index (χ0n) is 7.11. The molecule has 0 aliphatic heterocycles. The van der Waals surface area contributed by atoms with Crippen molar-refractivity contribution in [3.63, 3.8) is 0 Å². The van der Waals surface area contributed by atoms with Crippen molar-refractivity contribution in [2.45, 2.75) is 13.3 Å². The maximum atomic E-state index is 10.7. The summed E-state index contributed by atoms with van der Waals surface area (Å²) in [7, 11) is 0. The van der Waals surface area contributed by atoms with Crippen molar-refractivity contribution in [2.24, 2.45) is 0 Å². The Kier molecular flexibility index (Phi) is 5.69. The number of Topliss-reactive ketones (excluding diaryl/α,β-unsaturated/α-hetero) is 1. The van der Waals surface area contributed by atoms with E-state index in [1.807, 2.05) is 0 Å². The van der Waals surface area contributed by atoms with Crippen molar-refractivity contribution in [3.8, 4) is 17.2 Å². The molecule has 1 aromatic rings. The number of phenolic OH excluding ortho intramolecular Hbond substituents is 3. The Balaban J connectivity index is 0.00000169. The summed E-state index contributed by atoms with van der Waals surface area (Å²) >= 11 is 0. The third-order valence-corrected chi connectivity index (χ3v) is 1.65. The van der Waals surface area contributed by atoms with Crippen LogP contribution in [0.1, 0.15) is 12.5 Å². The molecule has 0 radical (unpaired) electrons. The number of aromatic hydroxyl groups is 3. The first-order chi connectivity index (χ1) is 6.02. The summed E-state index contributed by atoms with van der Waals surface area (Å²) in [6.45, 7) is 1.38. The number of hydrogen-bond donors (Lipinski definition) is 3. The van der Waals surface area contributed by atoms with Crippen LogP contribution in [0.5, 0.6) is 17.2 Å². The van der Waals surface area contributed by atoms with Crippen LogP contribution in [0.25, 0.3) is 0 Å². The number of carbonyl (C=O) groups excluding carboxylic acids is 1. The quantitative estimate of drug-likeness (QED) is 0.496. The zero-order valence-corrected chi connectivity index (χ0v) is 7.11. The molecule has 0 heterocycles. The Morgan fingerprint density at radius 3 is 2.29 bits per heavy atom. The average Bonchev–Trinajstić information content (AvgIpc) is 2.06. The number of ketones is 1. The fraction of sp³-hybridized carbons (Fsp3) is 0.222. The first kappa shape index (κ1) is 13.9. The van der Waals surface area contributed by atoms with Gasteiger partial charge < -0.3 is 15.3 Å². The summed E-state index contributed by atoms with van der Waals surface area (Å²) in [5.74, 6) is -1.54. The molecule has 3 N–H and O–H groups in total. The normalized spacial score (nSPS) is 9.21. The van der Waals surface area contributed by atoms with Gasteiger partial charge in [-0.15, -0.1) is 0 Å². The minimum atomic E-state index is -0.584. The van der Waals surface area contributed by atoms with Gasteiger partial charge in [-0.3, -0.25) is 4.79 Å². The topological polar surface area (TPSA) is 77.8 Å². The Hall–Kier alpha value is -0.0736. The molecule has 0 spiro atoms. The van der Waals surface area contributed by atoms with Crippen molar-refractivity contribution in [2.75, 3.05) is 0 Å². The molecule has 0 atom stereocenters. The van der Waals surface area contributed by atoms with Crippen molar-refractivity contribution in [1.29, 1.82) is 0 Å². The fourth-order valence-electron chi connectivity index (χ4n) is 1.02. The van der Waals surface area contributed by atoms with Crippen LogP contribution in [0, 0.1) is 0 Å². The van der Waals surface area contributed by atoms with Crippen LogP contribution in [0.4, 0.5) is 0 Å². The number of hydrogen-bond acceptors (Lipinski definition) is 4. The van der Waals surface area contributed by atoms with Crippen LogP contribution in [0.2, 0.25) is 0 Å². The molecule has 0 aromatic heterocycles. The molecule has 4 nitrogen and oxygen atoms in total. The summed E-state index contributed by atoms with van der Waals surface area (Å²) in [6.07, 6.45) is 0.0413. The van der Waals surface area contributed by atoms with Crippen LogP contribution < -0.4 is 0 Å². The summed E-state index contributed by atoms with van der Waals surface area (Å²) in [5, 5.41) is 27.3. The monoisotopic (exact) mass is 222 g/mol. The first-order valence-electron chi connectivity index (χ1n) is 3.74. The summed E-state index contributed by atoms with van der Waals surface area (Å²) in [5.41, 5.74) is 0.308. The van der Waals surface area contributed by atoms with Crippen molar-refractivity contribution < 1.29 is 20.1 Å². The van der Waals surface area contributed by atoms with Crippen LogP contribution in [-0.4, -0.2) is 72.5 Å². The summed E-state index contributed by atoms with van der Waals surface area (Å²) < 4.78 is 0. The molecule has 0 aliphatic rings. The minimum absolute atomic E-state index is 0. The summed E-state index contributed by atoms with van der Waals surface area (Å²) in [6, 6.07) is 2.62. The SMILES string of the molecule is CC(=O)Cc1ccc(O)c(O)c1O.[KH]. The zero-order chi connectivity index (χ0) is 10.0. The van der Waals surface area contributed by atoms with Gasteiger partial charge in [-0.2, -0.15) is 0 Å². The van der Waals surface area contributed by atoms with Gasteiger partial charge >= 0.3 is 51.4 Å². The molecule has 0 saturated heterocycles. The van der Waals surface area contributed by atoms with E-state index >= 15 is 0 Å². The van der Waals surface area contributed by atoms with E-state index < -0.39 is 17.2 Å². The van der Waals surface area contributed by atoms with E-state index in [4.69, 9.17) is 10.2 Å². The first-order valence-corrected chi connectivity index (χ1v) is 3.74. The molecule has 5 heteroatoms. The van der Waals surface area contributed by atoms with Gasteiger partial charge in [0.05, 0.1) is 0 Å². The van der Waals surface area contributed by atoms with E-state index in [-0.39, 0.29) is 63.6 Å². The predicted molar refractivity (Wildman–Crippen MR) is 53.0 cm³/mol. The van der Waals surface area contributed by atoms with Crippen molar-refractivity contribution in [1.82, 2.24) is 0 Å². The van der Waals surface area contributed by atoms with Crippen LogP contribution in [0.15, 0.2) is 12.1 Å². The third-order valence-electron chi connectivity index (χ3n) is 1.65. The van der Waals surface area contributed by atoms with Crippen LogP contribution >= 0.6 is 0 Å². The second-order valence-corrected chi connectivity index (χ2v) is 2.82. The van der Waals surface area contributed by atoms with Gasteiger partial charge in [-0.05, 0) is 13.0 Å². The second kappa shape index (κ2) is 5.72. The van der Waals surface area contributed by atoms with Crippen molar-refractivity contribution in [3.05, 3.63) is 17.7 Å². The number of phenols is 3. The average molecular weight is 222 g/mol. The molecule has 1 aromatic carbocycles. The van der Waals surface area contributed by atoms with E-state index in [1.54, 1.807) is 0 Å². The van der Waals surface area contributed by atoms with Gasteiger partial charge in [-0.1, -0.05) is 6.07 Å².